The number of fused-ring (bicyclic) bond motifs is 3. The summed E-state index contributed by atoms with van der Waals surface area (Å²) in [5, 5.41) is 1.05. The normalized spacial score (nSPS) is 11.2. The average Bonchev–Trinajstić information content (AvgIpc) is 2.99. The van der Waals surface area contributed by atoms with Crippen molar-refractivity contribution in [2.75, 3.05) is 11.9 Å². The maximum atomic E-state index is 14.0. The Bertz CT molecular complexity index is 1220. The fourth-order valence-corrected chi connectivity index (χ4v) is 3.20. The Morgan fingerprint density at radius 1 is 1.08 bits per heavy atom. The zero-order chi connectivity index (χ0) is 18.4. The van der Waals surface area contributed by atoms with Gasteiger partial charge in [0.25, 0.3) is 5.91 Å². The minimum Gasteiger partial charge on any atom is -0.422 e. The van der Waals surface area contributed by atoms with E-state index in [2.05, 4.69) is 0 Å². The third-order valence-corrected chi connectivity index (χ3v) is 4.54. The van der Waals surface area contributed by atoms with Gasteiger partial charge in [0.15, 0.2) is 0 Å². The Balaban J connectivity index is 1.93. The molecule has 0 radical (unpaired) electrons. The summed E-state index contributed by atoms with van der Waals surface area (Å²) in [5.74, 6) is -0.913. The van der Waals surface area contributed by atoms with Crippen molar-refractivity contribution >= 4 is 33.5 Å². The van der Waals surface area contributed by atoms with Crippen molar-refractivity contribution in [3.8, 4) is 0 Å². The molecule has 130 valence electrons. The number of halogens is 1. The first kappa shape index (κ1) is 16.1. The first-order valence-corrected chi connectivity index (χ1v) is 8.03. The monoisotopic (exact) mass is 350 g/mol. The molecule has 0 N–H and O–H groups in total. The first-order chi connectivity index (χ1) is 12.5. The van der Waals surface area contributed by atoms with Crippen LogP contribution in [0, 0.1) is 5.82 Å². The molecule has 4 rings (SSSR count). The van der Waals surface area contributed by atoms with Crippen molar-refractivity contribution in [3.05, 3.63) is 76.5 Å². The fraction of sp³-hybridized carbons (Fsp3) is 0.100. The van der Waals surface area contributed by atoms with Gasteiger partial charge in [0.05, 0.1) is 16.6 Å². The quantitative estimate of drug-likeness (QED) is 0.518. The van der Waals surface area contributed by atoms with Gasteiger partial charge in [0.1, 0.15) is 17.1 Å². The number of para-hydroxylation sites is 2. The highest BCUT2D eigenvalue weighted by Crippen LogP contribution is 2.27. The molecule has 2 aromatic carbocycles. The molecule has 0 aliphatic heterocycles. The second-order valence-corrected chi connectivity index (χ2v) is 6.05. The van der Waals surface area contributed by atoms with Crippen molar-refractivity contribution in [1.29, 1.82) is 0 Å². The molecule has 0 fully saturated rings. The molecular formula is C20H15FN2O3. The number of benzene rings is 2. The third-order valence-electron chi connectivity index (χ3n) is 4.54. The molecule has 5 nitrogen and oxygen atoms in total. The topological polar surface area (TPSA) is 55.5 Å². The van der Waals surface area contributed by atoms with E-state index < -0.39 is 17.3 Å². The Morgan fingerprint density at radius 3 is 2.54 bits per heavy atom. The summed E-state index contributed by atoms with van der Waals surface area (Å²) in [6.07, 6.45) is 0. The lowest BCUT2D eigenvalue weighted by Crippen LogP contribution is -2.28. The van der Waals surface area contributed by atoms with Crippen molar-refractivity contribution in [1.82, 2.24) is 4.57 Å². The number of carbonyl (C=O) groups is 1. The maximum Gasteiger partial charge on any atom is 0.345 e. The molecule has 4 aromatic rings. The summed E-state index contributed by atoms with van der Waals surface area (Å²) in [6.45, 7) is 0. The van der Waals surface area contributed by atoms with Gasteiger partial charge in [-0.05, 0) is 30.3 Å². The van der Waals surface area contributed by atoms with Gasteiger partial charge < -0.3 is 13.9 Å². The van der Waals surface area contributed by atoms with Crippen LogP contribution in [0.5, 0.6) is 0 Å². The van der Waals surface area contributed by atoms with Crippen LogP contribution in [0.3, 0.4) is 0 Å². The fourth-order valence-electron chi connectivity index (χ4n) is 3.20. The van der Waals surface area contributed by atoms with Gasteiger partial charge in [-0.3, -0.25) is 4.79 Å². The van der Waals surface area contributed by atoms with Crippen LogP contribution in [0.2, 0.25) is 0 Å². The van der Waals surface area contributed by atoms with Crippen LogP contribution in [0.4, 0.5) is 10.1 Å². The average molecular weight is 350 g/mol. The molecule has 0 aliphatic rings. The van der Waals surface area contributed by atoms with Crippen molar-refractivity contribution in [2.24, 2.45) is 7.05 Å². The van der Waals surface area contributed by atoms with Crippen LogP contribution in [-0.2, 0) is 7.05 Å². The number of aromatic nitrogens is 1. The lowest BCUT2D eigenvalue weighted by molar-refractivity contribution is 0.0985. The number of carbonyl (C=O) groups excluding carboxylic acids is 1. The molecule has 0 spiro atoms. The summed E-state index contributed by atoms with van der Waals surface area (Å²) >= 11 is 0. The van der Waals surface area contributed by atoms with Crippen LogP contribution in [0.15, 0.2) is 63.8 Å². The number of rotatable bonds is 2. The molecule has 26 heavy (non-hydrogen) atoms. The molecule has 0 saturated heterocycles. The predicted molar refractivity (Wildman–Crippen MR) is 98.1 cm³/mol. The largest absolute Gasteiger partial charge is 0.422 e. The van der Waals surface area contributed by atoms with Gasteiger partial charge in [-0.1, -0.05) is 24.3 Å². The first-order valence-electron chi connectivity index (χ1n) is 8.03. The Hall–Kier alpha value is -3.41. The molecule has 6 heteroatoms. The smallest absolute Gasteiger partial charge is 0.345 e. The second-order valence-electron chi connectivity index (χ2n) is 6.05. The van der Waals surface area contributed by atoms with E-state index in [0.29, 0.717) is 16.5 Å². The van der Waals surface area contributed by atoms with E-state index in [1.807, 2.05) is 12.1 Å². The number of anilines is 1. The summed E-state index contributed by atoms with van der Waals surface area (Å²) < 4.78 is 21.0. The molecule has 0 saturated carbocycles. The van der Waals surface area contributed by atoms with E-state index in [0.717, 1.165) is 5.39 Å². The SMILES string of the molecule is CN(C(=O)c1cc2c(=O)oc3ccccc3c2n1C)c1ccccc1F. The highest BCUT2D eigenvalue weighted by Gasteiger charge is 2.23. The zero-order valence-electron chi connectivity index (χ0n) is 14.2. The van der Waals surface area contributed by atoms with Crippen molar-refractivity contribution < 1.29 is 13.6 Å². The van der Waals surface area contributed by atoms with E-state index in [1.54, 1.807) is 35.9 Å². The Morgan fingerprint density at radius 2 is 1.77 bits per heavy atom. The zero-order valence-corrected chi connectivity index (χ0v) is 14.2. The molecule has 0 unspecified atom stereocenters. The lowest BCUT2D eigenvalue weighted by Gasteiger charge is -2.18. The summed E-state index contributed by atoms with van der Waals surface area (Å²) in [5.41, 5.74) is 0.991. The summed E-state index contributed by atoms with van der Waals surface area (Å²) in [6, 6.07) is 14.7. The molecule has 2 heterocycles. The van der Waals surface area contributed by atoms with E-state index in [4.69, 9.17) is 4.42 Å². The summed E-state index contributed by atoms with van der Waals surface area (Å²) in [4.78, 5) is 26.5. The van der Waals surface area contributed by atoms with E-state index in [9.17, 15) is 14.0 Å². The molecular weight excluding hydrogens is 335 g/mol. The van der Waals surface area contributed by atoms with Crippen molar-refractivity contribution in [2.45, 2.75) is 0 Å². The molecule has 0 atom stereocenters. The lowest BCUT2D eigenvalue weighted by atomic mass is 10.2. The van der Waals surface area contributed by atoms with Gasteiger partial charge in [-0.15, -0.1) is 0 Å². The highest BCUT2D eigenvalue weighted by atomic mass is 19.1. The molecule has 1 amide bonds. The number of nitrogens with zero attached hydrogens (tertiary/aromatic N) is 2. The Labute approximate surface area is 147 Å². The minimum absolute atomic E-state index is 0.166. The van der Waals surface area contributed by atoms with E-state index in [1.165, 1.54) is 30.1 Å². The van der Waals surface area contributed by atoms with E-state index >= 15 is 0 Å². The van der Waals surface area contributed by atoms with Gasteiger partial charge >= 0.3 is 5.63 Å². The second kappa shape index (κ2) is 5.84. The van der Waals surface area contributed by atoms with Crippen LogP contribution in [0.25, 0.3) is 21.9 Å². The minimum atomic E-state index is -0.512. The van der Waals surface area contributed by atoms with E-state index in [-0.39, 0.29) is 11.4 Å². The molecule has 0 bridgehead atoms. The predicted octanol–water partition coefficient (Wildman–Crippen LogP) is 3.70. The highest BCUT2D eigenvalue weighted by molar-refractivity contribution is 6.11. The third kappa shape index (κ3) is 2.30. The number of amides is 1. The van der Waals surface area contributed by atoms with Crippen LogP contribution in [-0.4, -0.2) is 17.5 Å². The van der Waals surface area contributed by atoms with Crippen LogP contribution in [0.1, 0.15) is 10.5 Å². The van der Waals surface area contributed by atoms with Crippen LogP contribution < -0.4 is 10.5 Å². The summed E-state index contributed by atoms with van der Waals surface area (Å²) in [7, 11) is 3.20. The van der Waals surface area contributed by atoms with Gasteiger partial charge in [0, 0.05) is 19.5 Å². The number of aryl methyl sites for hydroxylation is 1. The number of hydrogen-bond acceptors (Lipinski definition) is 3. The van der Waals surface area contributed by atoms with Crippen molar-refractivity contribution in [3.63, 3.8) is 0 Å². The van der Waals surface area contributed by atoms with Gasteiger partial charge in [-0.25, -0.2) is 9.18 Å². The van der Waals surface area contributed by atoms with Gasteiger partial charge in [-0.2, -0.15) is 0 Å². The maximum absolute atomic E-state index is 14.0. The standard InChI is InChI=1S/C20H15FN2O3/c1-22-16(19(24)23(2)15-9-5-4-8-14(15)21)11-13-18(22)12-7-3-6-10-17(12)26-20(13)25/h3-11H,1-2H3. The Kier molecular flexibility index (Phi) is 3.61. The van der Waals surface area contributed by atoms with Crippen LogP contribution >= 0.6 is 0 Å². The molecule has 2 aromatic heterocycles. The molecule has 0 aliphatic carbocycles. The number of hydrogen-bond donors (Lipinski definition) is 0. The van der Waals surface area contributed by atoms with Gasteiger partial charge in [0.2, 0.25) is 0 Å².